The number of nitrogens with one attached hydrogen (secondary N) is 1. The van der Waals surface area contributed by atoms with Crippen LogP contribution in [0.25, 0.3) is 0 Å². The number of hydrogen-bond donors (Lipinski definition) is 1. The molecule has 1 aliphatic rings. The predicted octanol–water partition coefficient (Wildman–Crippen LogP) is 2.93. The molecule has 0 saturated heterocycles. The van der Waals surface area contributed by atoms with Crippen molar-refractivity contribution in [2.24, 2.45) is 5.92 Å². The lowest BCUT2D eigenvalue weighted by Gasteiger charge is -2.31. The highest BCUT2D eigenvalue weighted by atomic mass is 19.4. The van der Waals surface area contributed by atoms with Gasteiger partial charge in [0.15, 0.2) is 0 Å². The van der Waals surface area contributed by atoms with Crippen LogP contribution in [0, 0.1) is 17.2 Å². The molecule has 0 radical (unpaired) electrons. The van der Waals surface area contributed by atoms with Crippen LogP contribution < -0.4 is 10.2 Å². The quantitative estimate of drug-likeness (QED) is 0.905. The molecule has 0 heterocycles. The number of likely N-dealkylation sites (N-methyl/N-ethyl adjacent to an activating group) is 1. The van der Waals surface area contributed by atoms with Gasteiger partial charge in [-0.05, 0) is 43.9 Å². The van der Waals surface area contributed by atoms with Crippen LogP contribution in [0.5, 0.6) is 0 Å². The monoisotopic (exact) mass is 325 g/mol. The fraction of sp³-hybridized carbons (Fsp3) is 0.500. The summed E-state index contributed by atoms with van der Waals surface area (Å²) in [4.78, 5) is 13.6. The maximum atomic E-state index is 13.1. The van der Waals surface area contributed by atoms with Crippen LogP contribution in [0.15, 0.2) is 18.2 Å². The number of carbonyl (C=O) groups is 1. The van der Waals surface area contributed by atoms with Crippen molar-refractivity contribution >= 4 is 11.6 Å². The number of halogens is 3. The summed E-state index contributed by atoms with van der Waals surface area (Å²) < 4.78 is 39.4. The van der Waals surface area contributed by atoms with Gasteiger partial charge in [-0.3, -0.25) is 4.79 Å². The largest absolute Gasteiger partial charge is 0.417 e. The molecule has 1 aromatic rings. The van der Waals surface area contributed by atoms with Crippen molar-refractivity contribution < 1.29 is 18.0 Å². The average Bonchev–Trinajstić information content (AvgIpc) is 3.33. The molecule has 1 aromatic carbocycles. The zero-order valence-corrected chi connectivity index (χ0v) is 12.9. The Morgan fingerprint density at radius 3 is 2.61 bits per heavy atom. The first-order valence-corrected chi connectivity index (χ1v) is 7.37. The zero-order valence-electron chi connectivity index (χ0n) is 12.9. The number of benzene rings is 1. The molecule has 0 aliphatic heterocycles. The third-order valence-electron chi connectivity index (χ3n) is 4.01. The van der Waals surface area contributed by atoms with Crippen LogP contribution in [0.4, 0.5) is 18.9 Å². The van der Waals surface area contributed by atoms with E-state index in [1.807, 2.05) is 0 Å². The van der Waals surface area contributed by atoms with Gasteiger partial charge in [0.05, 0.1) is 17.2 Å². The van der Waals surface area contributed by atoms with Crippen LogP contribution in [0.2, 0.25) is 0 Å². The number of anilines is 1. The number of hydrogen-bond acceptors (Lipinski definition) is 3. The van der Waals surface area contributed by atoms with Gasteiger partial charge >= 0.3 is 6.18 Å². The number of amides is 1. The van der Waals surface area contributed by atoms with E-state index < -0.39 is 23.3 Å². The Kier molecular flexibility index (Phi) is 4.83. The van der Waals surface area contributed by atoms with Crippen LogP contribution in [-0.4, -0.2) is 25.5 Å². The van der Waals surface area contributed by atoms with Crippen molar-refractivity contribution in [2.45, 2.75) is 32.0 Å². The molecule has 0 bridgehead atoms. The highest BCUT2D eigenvalue weighted by Gasteiger charge is 2.35. The molecule has 124 valence electrons. The van der Waals surface area contributed by atoms with Crippen molar-refractivity contribution in [3.63, 3.8) is 0 Å². The molecule has 0 spiro atoms. The molecule has 1 amide bonds. The second-order valence-electron chi connectivity index (χ2n) is 5.73. The van der Waals surface area contributed by atoms with E-state index in [-0.39, 0.29) is 5.91 Å². The first-order chi connectivity index (χ1) is 10.8. The van der Waals surface area contributed by atoms with E-state index in [0.29, 0.717) is 18.2 Å². The zero-order chi connectivity index (χ0) is 17.2. The molecule has 1 aliphatic carbocycles. The van der Waals surface area contributed by atoms with Crippen LogP contribution >= 0.6 is 0 Å². The van der Waals surface area contributed by atoms with Gasteiger partial charge < -0.3 is 10.2 Å². The maximum absolute atomic E-state index is 13.1. The molecule has 7 heteroatoms. The molecule has 23 heavy (non-hydrogen) atoms. The van der Waals surface area contributed by atoms with Gasteiger partial charge in [0, 0.05) is 19.3 Å². The fourth-order valence-electron chi connectivity index (χ4n) is 2.46. The molecule has 0 aromatic heterocycles. The van der Waals surface area contributed by atoms with E-state index in [2.05, 4.69) is 5.32 Å². The normalized spacial score (nSPS) is 15.7. The first-order valence-electron chi connectivity index (χ1n) is 7.37. The summed E-state index contributed by atoms with van der Waals surface area (Å²) in [5.41, 5.74) is -1.08. The molecular formula is C16H18F3N3O. The number of alkyl halides is 3. The van der Waals surface area contributed by atoms with Gasteiger partial charge in [-0.2, -0.15) is 18.4 Å². The standard InChI is InChI=1S/C16H18F3N3O/c1-10(15(23)21-2)22(9-11-3-4-11)13-6-5-12(8-20)14(7-13)16(17,18)19/h5-7,10-11H,3-4,9H2,1-2H3,(H,21,23). The lowest BCUT2D eigenvalue weighted by atomic mass is 10.1. The molecule has 1 fully saturated rings. The summed E-state index contributed by atoms with van der Waals surface area (Å²) in [6.45, 7) is 2.18. The highest BCUT2D eigenvalue weighted by molar-refractivity contribution is 5.84. The molecule has 1 saturated carbocycles. The second kappa shape index (κ2) is 6.49. The van der Waals surface area contributed by atoms with Crippen molar-refractivity contribution in [1.82, 2.24) is 5.32 Å². The summed E-state index contributed by atoms with van der Waals surface area (Å²) in [5, 5.41) is 11.4. The highest BCUT2D eigenvalue weighted by Crippen LogP contribution is 2.37. The van der Waals surface area contributed by atoms with Gasteiger partial charge in [0.1, 0.15) is 6.04 Å². The van der Waals surface area contributed by atoms with E-state index in [0.717, 1.165) is 25.0 Å². The average molecular weight is 325 g/mol. The number of rotatable bonds is 5. The van der Waals surface area contributed by atoms with Gasteiger partial charge in [0.2, 0.25) is 5.91 Å². The molecular weight excluding hydrogens is 307 g/mol. The number of nitrogens with zero attached hydrogens (tertiary/aromatic N) is 2. The van der Waals surface area contributed by atoms with E-state index in [1.54, 1.807) is 17.9 Å². The predicted molar refractivity (Wildman–Crippen MR) is 79.8 cm³/mol. The van der Waals surface area contributed by atoms with Gasteiger partial charge in [-0.15, -0.1) is 0 Å². The first kappa shape index (κ1) is 17.1. The smallest absolute Gasteiger partial charge is 0.359 e. The minimum absolute atomic E-state index is 0.261. The minimum Gasteiger partial charge on any atom is -0.359 e. The summed E-state index contributed by atoms with van der Waals surface area (Å²) in [7, 11) is 1.49. The number of carbonyl (C=O) groups excluding carboxylic acids is 1. The number of nitriles is 1. The lowest BCUT2D eigenvalue weighted by Crippen LogP contribution is -2.45. The SMILES string of the molecule is CNC(=O)C(C)N(CC1CC1)c1ccc(C#N)c(C(F)(F)F)c1. The maximum Gasteiger partial charge on any atom is 0.417 e. The summed E-state index contributed by atoms with van der Waals surface area (Å²) in [6.07, 6.45) is -2.58. The summed E-state index contributed by atoms with van der Waals surface area (Å²) in [5.74, 6) is 0.135. The van der Waals surface area contributed by atoms with Crippen LogP contribution in [0.3, 0.4) is 0 Å². The molecule has 1 N–H and O–H groups in total. The minimum atomic E-state index is -4.61. The van der Waals surface area contributed by atoms with Gasteiger partial charge in [-0.1, -0.05) is 0 Å². The van der Waals surface area contributed by atoms with Gasteiger partial charge in [0.25, 0.3) is 0 Å². The van der Waals surface area contributed by atoms with E-state index in [1.165, 1.54) is 13.1 Å². The Morgan fingerprint density at radius 2 is 2.13 bits per heavy atom. The second-order valence-corrected chi connectivity index (χ2v) is 5.73. The Hall–Kier alpha value is -2.23. The summed E-state index contributed by atoms with van der Waals surface area (Å²) in [6, 6.07) is 4.57. The third-order valence-corrected chi connectivity index (χ3v) is 4.01. The van der Waals surface area contributed by atoms with E-state index in [4.69, 9.17) is 5.26 Å². The fourth-order valence-corrected chi connectivity index (χ4v) is 2.46. The summed E-state index contributed by atoms with van der Waals surface area (Å²) >= 11 is 0. The lowest BCUT2D eigenvalue weighted by molar-refractivity contribution is -0.137. The topological polar surface area (TPSA) is 56.1 Å². The molecule has 2 rings (SSSR count). The van der Waals surface area contributed by atoms with E-state index >= 15 is 0 Å². The van der Waals surface area contributed by atoms with Crippen molar-refractivity contribution in [2.75, 3.05) is 18.5 Å². The third kappa shape index (κ3) is 3.95. The van der Waals surface area contributed by atoms with Crippen molar-refractivity contribution in [3.8, 4) is 6.07 Å². The molecule has 1 atom stereocenters. The van der Waals surface area contributed by atoms with Gasteiger partial charge in [-0.25, -0.2) is 0 Å². The Bertz CT molecular complexity index is 632. The Labute approximate surface area is 132 Å². The van der Waals surface area contributed by atoms with Crippen LogP contribution in [-0.2, 0) is 11.0 Å². The molecule has 4 nitrogen and oxygen atoms in total. The Morgan fingerprint density at radius 1 is 1.48 bits per heavy atom. The molecule has 1 unspecified atom stereocenters. The Balaban J connectivity index is 2.42. The van der Waals surface area contributed by atoms with Crippen molar-refractivity contribution in [1.29, 1.82) is 5.26 Å². The van der Waals surface area contributed by atoms with Crippen molar-refractivity contribution in [3.05, 3.63) is 29.3 Å². The van der Waals surface area contributed by atoms with E-state index in [9.17, 15) is 18.0 Å². The van der Waals surface area contributed by atoms with Crippen LogP contribution in [0.1, 0.15) is 30.9 Å².